The quantitative estimate of drug-likeness (QED) is 0.0747. The zero-order valence-electron chi connectivity index (χ0n) is 21.3. The predicted octanol–water partition coefficient (Wildman–Crippen LogP) is -2.22. The first-order chi connectivity index (χ1) is 18.3. The molecule has 0 heterocycles. The molecule has 19 heteroatoms. The van der Waals surface area contributed by atoms with Gasteiger partial charge in [-0.25, -0.2) is 16.8 Å². The Balaban J connectivity index is 0.00000294. The second-order valence-corrected chi connectivity index (χ2v) is 10.6. The van der Waals surface area contributed by atoms with Crippen molar-refractivity contribution in [2.24, 2.45) is 20.5 Å². The van der Waals surface area contributed by atoms with Crippen LogP contribution in [0.5, 0.6) is 0 Å². The Morgan fingerprint density at radius 3 is 1.90 bits per heavy atom. The Labute approximate surface area is 276 Å². The van der Waals surface area contributed by atoms with Gasteiger partial charge in [-0.2, -0.15) is 10.2 Å². The van der Waals surface area contributed by atoms with Gasteiger partial charge in [-0.1, -0.05) is 18.2 Å². The number of nitro benzene ring substituents is 1. The molecule has 2 N–H and O–H groups in total. The van der Waals surface area contributed by atoms with E-state index in [2.05, 4.69) is 20.5 Å². The third-order valence-electron chi connectivity index (χ3n) is 5.36. The summed E-state index contributed by atoms with van der Waals surface area (Å²) >= 11 is 0. The minimum Gasteiger partial charge on any atom is -0.744 e. The minimum absolute atomic E-state index is 0. The van der Waals surface area contributed by atoms with Crippen molar-refractivity contribution in [1.29, 1.82) is 0 Å². The number of non-ortho nitro benzene ring substituents is 1. The summed E-state index contributed by atoms with van der Waals surface area (Å²) in [7, 11) is -10.6. The van der Waals surface area contributed by atoms with E-state index >= 15 is 0 Å². The average Bonchev–Trinajstić information content (AvgIpc) is 2.86. The van der Waals surface area contributed by atoms with E-state index in [1.165, 1.54) is 24.3 Å². The van der Waals surface area contributed by atoms with Crippen molar-refractivity contribution in [2.75, 3.05) is 5.73 Å². The molecule has 0 saturated carbocycles. The molecule has 0 aromatic heterocycles. The number of anilines is 1. The number of ketones is 1. The summed E-state index contributed by atoms with van der Waals surface area (Å²) in [6.07, 6.45) is -0.803. The molecule has 0 aliphatic heterocycles. The summed E-state index contributed by atoms with van der Waals surface area (Å²) < 4.78 is 71.9. The fraction of sp³-hybridized carbons (Fsp3) is 0.0455. The number of nitrogens with two attached hydrogens (primary N) is 1. The van der Waals surface area contributed by atoms with Crippen molar-refractivity contribution in [3.8, 4) is 0 Å². The fourth-order valence-corrected chi connectivity index (χ4v) is 4.96. The molecular formula is C22H14N6Na2O9S2. The van der Waals surface area contributed by atoms with E-state index in [1.54, 1.807) is 18.2 Å². The zero-order chi connectivity index (χ0) is 28.5. The van der Waals surface area contributed by atoms with Crippen molar-refractivity contribution >= 4 is 54.5 Å². The molecule has 0 amide bonds. The Hall–Kier alpha value is -2.71. The second kappa shape index (κ2) is 13.5. The van der Waals surface area contributed by atoms with E-state index < -0.39 is 69.8 Å². The van der Waals surface area contributed by atoms with Crippen molar-refractivity contribution in [1.82, 2.24) is 0 Å². The standard InChI is InChI=1S/C22H16N6O9S2.2Na/c23-19-18-12(11-17(39(35,36)37)21(22(18)29)27-24-13-4-2-1-3-5-13)10-16(38(32,33)34)20(19)26-25-14-6-8-15(9-7-14)28(30)31;;/h1-10H,11,23H2,(H,32,33,34)(H,35,36,37);;/q;2*+1/p-2. The van der Waals surface area contributed by atoms with Crippen LogP contribution >= 0.6 is 0 Å². The van der Waals surface area contributed by atoms with Gasteiger partial charge in [0.05, 0.1) is 37.3 Å². The Kier molecular flexibility index (Phi) is 11.4. The second-order valence-electron chi connectivity index (χ2n) is 7.87. The van der Waals surface area contributed by atoms with Crippen molar-refractivity contribution < 1.29 is 94.8 Å². The number of azo groups is 2. The Morgan fingerprint density at radius 2 is 1.37 bits per heavy atom. The number of nitrogens with zero attached hydrogens (tertiary/aromatic N) is 5. The molecule has 1 aliphatic carbocycles. The van der Waals surface area contributed by atoms with Gasteiger partial charge in [0, 0.05) is 18.6 Å². The van der Waals surface area contributed by atoms with Gasteiger partial charge in [0.15, 0.2) is 0 Å². The van der Waals surface area contributed by atoms with Crippen LogP contribution in [0.3, 0.4) is 0 Å². The average molecular weight is 617 g/mol. The smallest absolute Gasteiger partial charge is 0.744 e. The monoisotopic (exact) mass is 616 g/mol. The maximum atomic E-state index is 13.3. The summed E-state index contributed by atoms with van der Waals surface area (Å²) in [5.41, 5.74) is 3.02. The number of rotatable bonds is 7. The normalized spacial score (nSPS) is 13.6. The third kappa shape index (κ3) is 7.77. The molecule has 15 nitrogen and oxygen atoms in total. The molecule has 0 unspecified atom stereocenters. The van der Waals surface area contributed by atoms with Crippen LogP contribution in [0.4, 0.5) is 28.4 Å². The molecule has 0 radical (unpaired) electrons. The Bertz CT molecular complexity index is 1830. The summed E-state index contributed by atoms with van der Waals surface area (Å²) in [6.45, 7) is 0. The van der Waals surface area contributed by atoms with E-state index in [1.807, 2.05) is 0 Å². The van der Waals surface area contributed by atoms with Crippen molar-refractivity contribution in [3.05, 3.63) is 92.5 Å². The van der Waals surface area contributed by atoms with Gasteiger partial charge < -0.3 is 14.8 Å². The van der Waals surface area contributed by atoms with Gasteiger partial charge in [-0.3, -0.25) is 14.9 Å². The van der Waals surface area contributed by atoms with Gasteiger partial charge in [0.1, 0.15) is 31.6 Å². The molecule has 200 valence electrons. The molecule has 3 aromatic carbocycles. The first-order valence-corrected chi connectivity index (χ1v) is 13.4. The maximum absolute atomic E-state index is 13.3. The molecule has 0 saturated heterocycles. The largest absolute Gasteiger partial charge is 1.00 e. The molecule has 41 heavy (non-hydrogen) atoms. The number of carbonyl (C=O) groups is 1. The molecule has 0 atom stereocenters. The van der Waals surface area contributed by atoms with Crippen molar-refractivity contribution in [3.63, 3.8) is 0 Å². The van der Waals surface area contributed by atoms with Crippen LogP contribution in [0.2, 0.25) is 0 Å². The molecule has 0 spiro atoms. The number of nitrogen functional groups attached to an aromatic ring is 1. The summed E-state index contributed by atoms with van der Waals surface area (Å²) in [5, 5.41) is 25.7. The first kappa shape index (κ1) is 34.5. The van der Waals surface area contributed by atoms with Crippen LogP contribution in [0.15, 0.2) is 96.6 Å². The maximum Gasteiger partial charge on any atom is 1.00 e. The molecule has 0 fully saturated rings. The number of hydrogen-bond donors (Lipinski definition) is 1. The van der Waals surface area contributed by atoms with Gasteiger partial charge >= 0.3 is 59.1 Å². The third-order valence-corrected chi connectivity index (χ3v) is 7.15. The summed E-state index contributed by atoms with van der Waals surface area (Å²) in [4.78, 5) is 21.5. The molecule has 4 rings (SSSR count). The van der Waals surface area contributed by atoms with Gasteiger partial charge in [-0.15, -0.1) is 10.2 Å². The van der Waals surface area contributed by atoms with E-state index in [-0.39, 0.29) is 81.7 Å². The van der Waals surface area contributed by atoms with E-state index in [0.29, 0.717) is 6.07 Å². The summed E-state index contributed by atoms with van der Waals surface area (Å²) in [5.74, 6) is -1.18. The molecule has 3 aromatic rings. The minimum atomic E-state index is -5.31. The van der Waals surface area contributed by atoms with Crippen LogP contribution in [0.1, 0.15) is 15.9 Å². The number of allylic oxidation sites excluding steroid dienone is 2. The van der Waals surface area contributed by atoms with E-state index in [0.717, 1.165) is 12.1 Å². The van der Waals surface area contributed by atoms with E-state index in [9.17, 15) is 40.8 Å². The van der Waals surface area contributed by atoms with Gasteiger partial charge in [-0.05, 0) is 35.9 Å². The fourth-order valence-electron chi connectivity index (χ4n) is 3.59. The first-order valence-electron chi connectivity index (χ1n) is 10.6. The van der Waals surface area contributed by atoms with Gasteiger partial charge in [0.2, 0.25) is 5.78 Å². The predicted molar refractivity (Wildman–Crippen MR) is 132 cm³/mol. The number of nitro groups is 1. The van der Waals surface area contributed by atoms with Crippen LogP contribution in [0.25, 0.3) is 0 Å². The molecule has 1 aliphatic rings. The number of hydrogen-bond acceptors (Lipinski definition) is 14. The summed E-state index contributed by atoms with van der Waals surface area (Å²) in [6, 6.07) is 13.1. The number of Topliss-reactive ketones (excluding diaryl/α,β-unsaturated/α-hetero) is 1. The topological polar surface area (TPSA) is 250 Å². The number of benzene rings is 3. The van der Waals surface area contributed by atoms with Crippen LogP contribution < -0.4 is 64.8 Å². The van der Waals surface area contributed by atoms with E-state index in [4.69, 9.17) is 5.73 Å². The zero-order valence-corrected chi connectivity index (χ0v) is 26.9. The molecule has 0 bridgehead atoms. The SMILES string of the molecule is Nc1c(N=Nc2ccc([N+](=O)[O-])cc2)c(S(=O)(=O)[O-])cc2c1C(=O)C(N=Nc1ccccc1)=C(S(=O)(=O)[O-])C2.[Na+].[Na+]. The number of carbonyl (C=O) groups excluding carboxylic acids is 1. The van der Waals surface area contributed by atoms with Crippen LogP contribution in [-0.4, -0.2) is 36.6 Å². The van der Waals surface area contributed by atoms with Crippen LogP contribution in [-0.2, 0) is 26.7 Å². The van der Waals surface area contributed by atoms with Crippen LogP contribution in [0, 0.1) is 10.1 Å². The Morgan fingerprint density at radius 1 is 0.805 bits per heavy atom. The number of fused-ring (bicyclic) bond motifs is 1. The molecular weight excluding hydrogens is 602 g/mol. The van der Waals surface area contributed by atoms with Crippen molar-refractivity contribution in [2.45, 2.75) is 11.3 Å². The van der Waals surface area contributed by atoms with Gasteiger partial charge in [0.25, 0.3) is 5.69 Å².